The molecule has 10 heteroatoms. The molecule has 0 bridgehead atoms. The van der Waals surface area contributed by atoms with Gasteiger partial charge in [-0.05, 0) is 54.2 Å². The maximum Gasteiger partial charge on any atom is 0.324 e. The van der Waals surface area contributed by atoms with Gasteiger partial charge in [-0.2, -0.15) is 4.72 Å². The first-order chi connectivity index (χ1) is 14.6. The fraction of sp³-hybridized carbons (Fsp3) is 0.381. The van der Waals surface area contributed by atoms with Crippen LogP contribution >= 0.6 is 0 Å². The first kappa shape index (κ1) is 23.2. The van der Waals surface area contributed by atoms with Gasteiger partial charge in [0.25, 0.3) is 0 Å². The van der Waals surface area contributed by atoms with Crippen LogP contribution in [0.4, 0.5) is 0 Å². The number of carbonyl (C=O) groups is 1. The van der Waals surface area contributed by atoms with Gasteiger partial charge >= 0.3 is 5.97 Å². The third-order valence-electron chi connectivity index (χ3n) is 5.40. The van der Waals surface area contributed by atoms with Crippen LogP contribution in [0.2, 0.25) is 0 Å². The number of esters is 1. The molecule has 2 aromatic carbocycles. The van der Waals surface area contributed by atoms with E-state index in [1.807, 2.05) is 24.3 Å². The molecular formula is C21H25NO7S2. The lowest BCUT2D eigenvalue weighted by Crippen LogP contribution is -2.48. The summed E-state index contributed by atoms with van der Waals surface area (Å²) in [5, 5.41) is 0. The van der Waals surface area contributed by atoms with Crippen molar-refractivity contribution in [3.8, 4) is 16.9 Å². The van der Waals surface area contributed by atoms with Crippen LogP contribution in [-0.2, 0) is 29.4 Å². The van der Waals surface area contributed by atoms with Crippen molar-refractivity contribution in [1.82, 2.24) is 4.72 Å². The summed E-state index contributed by atoms with van der Waals surface area (Å²) in [6.07, 6.45) is 0.391. The Morgan fingerprint density at radius 3 is 1.97 bits per heavy atom. The standard InChI is InChI=1S/C21H25NO7S2/c1-28-18-7-3-15(4-8-18)16-5-9-19(10-6-16)31(26,27)22-20(21(23)29-2)17-11-13-30(24,25)14-12-17/h3-10,17,20,22H,11-14H2,1-2H3. The summed E-state index contributed by atoms with van der Waals surface area (Å²) in [6, 6.07) is 12.5. The van der Waals surface area contributed by atoms with Gasteiger partial charge in [-0.25, -0.2) is 16.8 Å². The quantitative estimate of drug-likeness (QED) is 0.619. The Bertz CT molecular complexity index is 1110. The molecule has 0 saturated carbocycles. The molecule has 0 amide bonds. The molecule has 8 nitrogen and oxygen atoms in total. The van der Waals surface area contributed by atoms with Crippen LogP contribution in [0.3, 0.4) is 0 Å². The Hall–Kier alpha value is -2.43. The van der Waals surface area contributed by atoms with Crippen molar-refractivity contribution < 1.29 is 31.1 Å². The molecule has 1 aliphatic heterocycles. The predicted octanol–water partition coefficient (Wildman–Crippen LogP) is 2.01. The minimum atomic E-state index is -4.02. The van der Waals surface area contributed by atoms with Crippen molar-refractivity contribution in [2.24, 2.45) is 5.92 Å². The summed E-state index contributed by atoms with van der Waals surface area (Å²) >= 11 is 0. The largest absolute Gasteiger partial charge is 0.497 e. The highest BCUT2D eigenvalue weighted by molar-refractivity contribution is 7.91. The molecule has 1 unspecified atom stereocenters. The van der Waals surface area contributed by atoms with Gasteiger partial charge in [0, 0.05) is 0 Å². The molecule has 3 rings (SSSR count). The van der Waals surface area contributed by atoms with Crippen LogP contribution in [0.15, 0.2) is 53.4 Å². The Balaban J connectivity index is 1.79. The Morgan fingerprint density at radius 2 is 1.48 bits per heavy atom. The Morgan fingerprint density at radius 1 is 0.968 bits per heavy atom. The fourth-order valence-corrected chi connectivity index (χ4v) is 6.33. The zero-order valence-corrected chi connectivity index (χ0v) is 18.9. The van der Waals surface area contributed by atoms with E-state index in [1.165, 1.54) is 19.2 Å². The second kappa shape index (κ2) is 9.37. The van der Waals surface area contributed by atoms with Crippen LogP contribution in [0.25, 0.3) is 11.1 Å². The molecule has 0 aliphatic carbocycles. The van der Waals surface area contributed by atoms with Crippen LogP contribution < -0.4 is 9.46 Å². The summed E-state index contributed by atoms with van der Waals surface area (Å²) in [4.78, 5) is 12.3. The molecule has 0 spiro atoms. The van der Waals surface area contributed by atoms with E-state index in [1.54, 1.807) is 19.2 Å². The molecule has 1 atom stereocenters. The summed E-state index contributed by atoms with van der Waals surface area (Å²) in [5.74, 6) is -0.629. The summed E-state index contributed by atoms with van der Waals surface area (Å²) in [5.41, 5.74) is 1.72. The Kier molecular flexibility index (Phi) is 7.03. The van der Waals surface area contributed by atoms with Gasteiger partial charge in [-0.3, -0.25) is 4.79 Å². The first-order valence-electron chi connectivity index (χ1n) is 9.70. The van der Waals surface area contributed by atoms with E-state index in [4.69, 9.17) is 9.47 Å². The maximum atomic E-state index is 12.9. The zero-order valence-electron chi connectivity index (χ0n) is 17.3. The van der Waals surface area contributed by atoms with E-state index in [0.29, 0.717) is 0 Å². The lowest BCUT2D eigenvalue weighted by Gasteiger charge is -2.28. The zero-order chi connectivity index (χ0) is 22.6. The molecule has 31 heavy (non-hydrogen) atoms. The molecule has 2 aromatic rings. The van der Waals surface area contributed by atoms with Crippen molar-refractivity contribution >= 4 is 25.8 Å². The topological polar surface area (TPSA) is 116 Å². The minimum absolute atomic E-state index is 0.00194. The third-order valence-corrected chi connectivity index (χ3v) is 8.57. The number of nitrogens with one attached hydrogen (secondary N) is 1. The average Bonchev–Trinajstić information content (AvgIpc) is 2.77. The van der Waals surface area contributed by atoms with E-state index in [2.05, 4.69) is 4.72 Å². The highest BCUT2D eigenvalue weighted by Gasteiger charge is 2.37. The molecular weight excluding hydrogens is 442 g/mol. The first-order valence-corrected chi connectivity index (χ1v) is 13.0. The van der Waals surface area contributed by atoms with E-state index < -0.39 is 37.8 Å². The van der Waals surface area contributed by atoms with Gasteiger partial charge < -0.3 is 9.47 Å². The van der Waals surface area contributed by atoms with Gasteiger partial charge in [0.2, 0.25) is 10.0 Å². The number of benzene rings is 2. The number of ether oxygens (including phenoxy) is 2. The molecule has 168 valence electrons. The maximum absolute atomic E-state index is 12.9. The highest BCUT2D eigenvalue weighted by Crippen LogP contribution is 2.26. The average molecular weight is 468 g/mol. The molecule has 1 fully saturated rings. The fourth-order valence-electron chi connectivity index (χ4n) is 3.55. The lowest BCUT2D eigenvalue weighted by molar-refractivity contribution is -0.144. The van der Waals surface area contributed by atoms with Crippen LogP contribution in [-0.4, -0.2) is 54.6 Å². The molecule has 0 aromatic heterocycles. The smallest absolute Gasteiger partial charge is 0.324 e. The van der Waals surface area contributed by atoms with Crippen molar-refractivity contribution in [2.75, 3.05) is 25.7 Å². The molecule has 1 aliphatic rings. The van der Waals surface area contributed by atoms with Gasteiger partial charge in [0.15, 0.2) is 0 Å². The molecule has 1 saturated heterocycles. The van der Waals surface area contributed by atoms with Gasteiger partial charge in [0.1, 0.15) is 21.6 Å². The van der Waals surface area contributed by atoms with Gasteiger partial charge in [-0.1, -0.05) is 24.3 Å². The summed E-state index contributed by atoms with van der Waals surface area (Å²) in [6.45, 7) is 0. The van der Waals surface area contributed by atoms with Gasteiger partial charge in [0.05, 0.1) is 30.6 Å². The molecule has 0 radical (unpaired) electrons. The number of hydrogen-bond donors (Lipinski definition) is 1. The van der Waals surface area contributed by atoms with Crippen LogP contribution in [0.1, 0.15) is 12.8 Å². The van der Waals surface area contributed by atoms with Crippen molar-refractivity contribution in [2.45, 2.75) is 23.8 Å². The number of sulfonamides is 1. The Labute approximate surface area is 182 Å². The molecule has 1 heterocycles. The number of methoxy groups -OCH3 is 2. The molecule has 1 N–H and O–H groups in total. The van der Waals surface area contributed by atoms with E-state index in [0.717, 1.165) is 16.9 Å². The van der Waals surface area contributed by atoms with Gasteiger partial charge in [-0.15, -0.1) is 0 Å². The lowest BCUT2D eigenvalue weighted by atomic mass is 9.94. The van der Waals surface area contributed by atoms with E-state index >= 15 is 0 Å². The van der Waals surface area contributed by atoms with Crippen molar-refractivity contribution in [1.29, 1.82) is 0 Å². The van der Waals surface area contributed by atoms with Crippen molar-refractivity contribution in [3.63, 3.8) is 0 Å². The van der Waals surface area contributed by atoms with Crippen molar-refractivity contribution in [3.05, 3.63) is 48.5 Å². The normalized spacial score (nSPS) is 17.6. The van der Waals surface area contributed by atoms with E-state index in [9.17, 15) is 21.6 Å². The summed E-state index contributed by atoms with van der Waals surface area (Å²) in [7, 11) is -4.42. The number of sulfone groups is 1. The number of rotatable bonds is 7. The predicted molar refractivity (Wildman–Crippen MR) is 116 cm³/mol. The minimum Gasteiger partial charge on any atom is -0.497 e. The number of hydrogen-bond acceptors (Lipinski definition) is 7. The number of carbonyl (C=O) groups excluding carboxylic acids is 1. The van der Waals surface area contributed by atoms with Crippen LogP contribution in [0, 0.1) is 5.92 Å². The highest BCUT2D eigenvalue weighted by atomic mass is 32.2. The van der Waals surface area contributed by atoms with E-state index in [-0.39, 0.29) is 29.2 Å². The SMILES string of the molecule is COC(=O)C(NS(=O)(=O)c1ccc(-c2ccc(OC)cc2)cc1)C1CCS(=O)(=O)CC1. The van der Waals surface area contributed by atoms with Crippen LogP contribution in [0.5, 0.6) is 5.75 Å². The second-order valence-electron chi connectivity index (χ2n) is 7.36. The second-order valence-corrected chi connectivity index (χ2v) is 11.4. The monoisotopic (exact) mass is 467 g/mol. The summed E-state index contributed by atoms with van der Waals surface area (Å²) < 4.78 is 61.5. The third kappa shape index (κ3) is 5.63.